The van der Waals surface area contributed by atoms with Gasteiger partial charge in [-0.3, -0.25) is 0 Å². The Labute approximate surface area is 113 Å². The SMILES string of the molecule is CCCc1cc2c(Br)c(F)cc(C)c2nc1Cl. The minimum atomic E-state index is -0.262. The van der Waals surface area contributed by atoms with Gasteiger partial charge in [0.25, 0.3) is 0 Å². The van der Waals surface area contributed by atoms with Crippen LogP contribution < -0.4 is 0 Å². The van der Waals surface area contributed by atoms with E-state index in [0.717, 1.165) is 34.9 Å². The van der Waals surface area contributed by atoms with Crippen molar-refractivity contribution in [1.29, 1.82) is 0 Å². The molecule has 0 radical (unpaired) electrons. The third-order valence-electron chi connectivity index (χ3n) is 2.73. The largest absolute Gasteiger partial charge is 0.235 e. The first kappa shape index (κ1) is 12.8. The Morgan fingerprint density at radius 2 is 2.12 bits per heavy atom. The Morgan fingerprint density at radius 3 is 2.76 bits per heavy atom. The summed E-state index contributed by atoms with van der Waals surface area (Å²) in [5.74, 6) is -0.262. The van der Waals surface area contributed by atoms with Gasteiger partial charge < -0.3 is 0 Å². The summed E-state index contributed by atoms with van der Waals surface area (Å²) in [4.78, 5) is 4.36. The van der Waals surface area contributed by atoms with Crippen molar-refractivity contribution in [3.8, 4) is 0 Å². The predicted molar refractivity (Wildman–Crippen MR) is 73.1 cm³/mol. The maximum atomic E-state index is 13.6. The highest BCUT2D eigenvalue weighted by Crippen LogP contribution is 2.31. The maximum absolute atomic E-state index is 13.6. The smallest absolute Gasteiger partial charge is 0.138 e. The van der Waals surface area contributed by atoms with E-state index in [0.29, 0.717) is 9.63 Å². The average Bonchev–Trinajstić information content (AvgIpc) is 2.28. The Hall–Kier alpha value is -0.670. The molecule has 0 fully saturated rings. The number of pyridine rings is 1. The van der Waals surface area contributed by atoms with Crippen LogP contribution in [-0.2, 0) is 6.42 Å². The first-order chi connectivity index (χ1) is 8.04. The maximum Gasteiger partial charge on any atom is 0.138 e. The average molecular weight is 317 g/mol. The molecule has 0 bridgehead atoms. The molecule has 1 aromatic heterocycles. The van der Waals surface area contributed by atoms with Crippen LogP contribution in [-0.4, -0.2) is 4.98 Å². The van der Waals surface area contributed by atoms with Crippen molar-refractivity contribution in [3.63, 3.8) is 0 Å². The van der Waals surface area contributed by atoms with Crippen LogP contribution in [0.25, 0.3) is 10.9 Å². The van der Waals surface area contributed by atoms with E-state index in [1.54, 1.807) is 0 Å². The molecule has 4 heteroatoms. The fourth-order valence-corrected chi connectivity index (χ4v) is 2.55. The number of hydrogen-bond donors (Lipinski definition) is 0. The quantitative estimate of drug-likeness (QED) is 0.706. The van der Waals surface area contributed by atoms with Gasteiger partial charge >= 0.3 is 0 Å². The van der Waals surface area contributed by atoms with E-state index < -0.39 is 0 Å². The normalized spacial score (nSPS) is 11.1. The van der Waals surface area contributed by atoms with Crippen molar-refractivity contribution < 1.29 is 4.39 Å². The highest BCUT2D eigenvalue weighted by molar-refractivity contribution is 9.10. The lowest BCUT2D eigenvalue weighted by molar-refractivity contribution is 0.622. The second kappa shape index (κ2) is 4.91. The lowest BCUT2D eigenvalue weighted by Crippen LogP contribution is -1.94. The van der Waals surface area contributed by atoms with Crippen LogP contribution >= 0.6 is 27.5 Å². The zero-order chi connectivity index (χ0) is 12.6. The van der Waals surface area contributed by atoms with Gasteiger partial charge in [0.2, 0.25) is 0 Å². The number of hydrogen-bond acceptors (Lipinski definition) is 1. The second-order valence-corrected chi connectivity index (χ2v) is 5.22. The van der Waals surface area contributed by atoms with E-state index in [9.17, 15) is 4.39 Å². The molecule has 1 aromatic carbocycles. The number of fused-ring (bicyclic) bond motifs is 1. The van der Waals surface area contributed by atoms with E-state index in [1.165, 1.54) is 6.07 Å². The summed E-state index contributed by atoms with van der Waals surface area (Å²) in [5, 5.41) is 1.30. The summed E-state index contributed by atoms with van der Waals surface area (Å²) < 4.78 is 14.1. The molecule has 0 amide bonds. The Bertz CT molecular complexity index is 583. The van der Waals surface area contributed by atoms with Crippen molar-refractivity contribution in [3.05, 3.63) is 38.7 Å². The molecule has 0 atom stereocenters. The molecule has 2 aromatic rings. The summed E-state index contributed by atoms with van der Waals surface area (Å²) in [6.07, 6.45) is 1.84. The molecule has 0 aliphatic rings. The molecular formula is C13H12BrClFN. The van der Waals surface area contributed by atoms with E-state index in [-0.39, 0.29) is 5.82 Å². The minimum Gasteiger partial charge on any atom is -0.235 e. The minimum absolute atomic E-state index is 0.262. The van der Waals surface area contributed by atoms with Crippen molar-refractivity contribution in [1.82, 2.24) is 4.98 Å². The number of aryl methyl sites for hydroxylation is 2. The highest BCUT2D eigenvalue weighted by atomic mass is 79.9. The Morgan fingerprint density at radius 1 is 1.41 bits per heavy atom. The zero-order valence-corrected chi connectivity index (χ0v) is 12.0. The zero-order valence-electron chi connectivity index (χ0n) is 9.65. The van der Waals surface area contributed by atoms with Crippen LogP contribution in [0.15, 0.2) is 16.6 Å². The summed E-state index contributed by atoms with van der Waals surface area (Å²) in [6.45, 7) is 3.91. The third-order valence-corrected chi connectivity index (χ3v) is 3.86. The van der Waals surface area contributed by atoms with Gasteiger partial charge in [-0.15, -0.1) is 0 Å². The number of aromatic nitrogens is 1. The lowest BCUT2D eigenvalue weighted by Gasteiger charge is -2.09. The molecule has 0 aliphatic heterocycles. The van der Waals surface area contributed by atoms with Gasteiger partial charge in [-0.2, -0.15) is 0 Å². The van der Waals surface area contributed by atoms with Crippen molar-refractivity contribution in [2.24, 2.45) is 0 Å². The summed E-state index contributed by atoms with van der Waals surface area (Å²) in [7, 11) is 0. The molecule has 0 spiro atoms. The van der Waals surface area contributed by atoms with Crippen molar-refractivity contribution in [2.45, 2.75) is 26.7 Å². The molecule has 0 unspecified atom stereocenters. The predicted octanol–water partition coefficient (Wildman–Crippen LogP) is 5.05. The lowest BCUT2D eigenvalue weighted by atomic mass is 10.1. The molecule has 90 valence electrons. The van der Waals surface area contributed by atoms with Crippen LogP contribution in [0.1, 0.15) is 24.5 Å². The standard InChI is InChI=1S/C13H12BrClFN/c1-3-4-8-6-9-11(14)10(16)5-7(2)12(9)17-13(8)15/h5-6H,3-4H2,1-2H3. The molecule has 1 heterocycles. The van der Waals surface area contributed by atoms with E-state index in [1.807, 2.05) is 13.0 Å². The molecule has 1 nitrogen and oxygen atoms in total. The summed E-state index contributed by atoms with van der Waals surface area (Å²) >= 11 is 9.39. The highest BCUT2D eigenvalue weighted by Gasteiger charge is 2.12. The molecule has 0 saturated heterocycles. The van der Waals surface area contributed by atoms with Crippen molar-refractivity contribution >= 4 is 38.4 Å². The first-order valence-electron chi connectivity index (χ1n) is 5.48. The first-order valence-corrected chi connectivity index (χ1v) is 6.65. The van der Waals surface area contributed by atoms with E-state index >= 15 is 0 Å². The van der Waals surface area contributed by atoms with Crippen LogP contribution in [0.2, 0.25) is 5.15 Å². The van der Waals surface area contributed by atoms with Gasteiger partial charge in [0.15, 0.2) is 0 Å². The van der Waals surface area contributed by atoms with Gasteiger partial charge in [0.1, 0.15) is 11.0 Å². The second-order valence-electron chi connectivity index (χ2n) is 4.07. The van der Waals surface area contributed by atoms with Gasteiger partial charge in [-0.25, -0.2) is 9.37 Å². The summed E-state index contributed by atoms with van der Waals surface area (Å²) in [6, 6.07) is 3.39. The van der Waals surface area contributed by atoms with Crippen LogP contribution in [0.3, 0.4) is 0 Å². The van der Waals surface area contributed by atoms with Gasteiger partial charge in [-0.1, -0.05) is 24.9 Å². The number of halogens is 3. The van der Waals surface area contributed by atoms with Gasteiger partial charge in [0.05, 0.1) is 9.99 Å². The Kier molecular flexibility index (Phi) is 3.69. The topological polar surface area (TPSA) is 12.9 Å². The van der Waals surface area contributed by atoms with Crippen LogP contribution in [0.4, 0.5) is 4.39 Å². The fourth-order valence-electron chi connectivity index (χ4n) is 1.90. The van der Waals surface area contributed by atoms with Crippen LogP contribution in [0, 0.1) is 12.7 Å². The number of benzene rings is 1. The van der Waals surface area contributed by atoms with E-state index in [4.69, 9.17) is 11.6 Å². The monoisotopic (exact) mass is 315 g/mol. The molecule has 0 aliphatic carbocycles. The van der Waals surface area contributed by atoms with Crippen LogP contribution in [0.5, 0.6) is 0 Å². The fraction of sp³-hybridized carbons (Fsp3) is 0.308. The molecule has 0 saturated carbocycles. The van der Waals surface area contributed by atoms with Gasteiger partial charge in [-0.05, 0) is 52.5 Å². The van der Waals surface area contributed by atoms with Crippen molar-refractivity contribution in [2.75, 3.05) is 0 Å². The number of nitrogens with zero attached hydrogens (tertiary/aromatic N) is 1. The summed E-state index contributed by atoms with van der Waals surface area (Å²) in [5.41, 5.74) is 2.51. The molecule has 0 N–H and O–H groups in total. The third kappa shape index (κ3) is 2.31. The van der Waals surface area contributed by atoms with E-state index in [2.05, 4.69) is 27.8 Å². The molecular weight excluding hydrogens is 305 g/mol. The molecule has 2 rings (SSSR count). The molecule has 17 heavy (non-hydrogen) atoms. The van der Waals surface area contributed by atoms with Gasteiger partial charge in [0, 0.05) is 5.39 Å². The number of rotatable bonds is 2. The Balaban J connectivity index is 2.79.